The Morgan fingerprint density at radius 1 is 0.846 bits per heavy atom. The molecule has 2 aromatic rings. The number of hydrogen-bond acceptors (Lipinski definition) is 5. The van der Waals surface area contributed by atoms with Crippen LogP contribution >= 0.6 is 0 Å². The summed E-state index contributed by atoms with van der Waals surface area (Å²) in [7, 11) is 0. The highest BCUT2D eigenvalue weighted by molar-refractivity contribution is 5.85. The van der Waals surface area contributed by atoms with Crippen LogP contribution in [0.4, 0.5) is 5.69 Å². The summed E-state index contributed by atoms with van der Waals surface area (Å²) in [6.07, 6.45) is 4.08. The Kier molecular flexibility index (Phi) is 11.4. The summed E-state index contributed by atoms with van der Waals surface area (Å²) in [5.74, 6) is 0.296. The van der Waals surface area contributed by atoms with Gasteiger partial charge < -0.3 is 14.4 Å². The molecule has 0 heterocycles. The predicted octanol–water partition coefficient (Wildman–Crippen LogP) is 8.38. The van der Waals surface area contributed by atoms with Crippen molar-refractivity contribution in [2.45, 2.75) is 87.5 Å². The van der Waals surface area contributed by atoms with Gasteiger partial charge in [0.25, 0.3) is 0 Å². The zero-order valence-electron chi connectivity index (χ0n) is 25.8. The Balaban J connectivity index is 2.52. The summed E-state index contributed by atoms with van der Waals surface area (Å²) in [6, 6.07) is 14.4. The van der Waals surface area contributed by atoms with E-state index >= 15 is 0 Å². The zero-order chi connectivity index (χ0) is 29.4. The maximum atomic E-state index is 14.1. The molecular weight excluding hydrogens is 486 g/mol. The first-order chi connectivity index (χ1) is 18.3. The molecule has 1 atom stereocenters. The molecule has 0 amide bonds. The molecule has 0 bridgehead atoms. The standard InChI is InChI=1S/C34H49NO4/c1-11-35(12-2)27-19-17-26(18-20-27)21-22-34(10,23-33(8,9)31(36)38-13-3)32(37)39-30-28(24(4)5)15-14-16-29(30)25(6)7/h14-22,24-25H,11-13,23H2,1-10H3/b22-21+. The molecular formula is C34H49NO4. The van der Waals surface area contributed by atoms with Crippen LogP contribution in [0.2, 0.25) is 0 Å². The molecule has 2 aromatic carbocycles. The number of carbonyl (C=O) groups is 2. The van der Waals surface area contributed by atoms with Gasteiger partial charge in [0.1, 0.15) is 5.75 Å². The van der Waals surface area contributed by atoms with Crippen LogP contribution in [0.3, 0.4) is 0 Å². The lowest BCUT2D eigenvalue weighted by molar-refractivity contribution is -0.157. The van der Waals surface area contributed by atoms with Gasteiger partial charge in [-0.2, -0.15) is 0 Å². The van der Waals surface area contributed by atoms with Crippen molar-refractivity contribution in [3.63, 3.8) is 0 Å². The molecule has 2 rings (SSSR count). The van der Waals surface area contributed by atoms with Crippen LogP contribution in [0, 0.1) is 10.8 Å². The van der Waals surface area contributed by atoms with Crippen LogP contribution in [-0.2, 0) is 14.3 Å². The molecule has 0 aliphatic carbocycles. The fourth-order valence-electron chi connectivity index (χ4n) is 4.99. The highest BCUT2D eigenvalue weighted by Crippen LogP contribution is 2.41. The second-order valence-electron chi connectivity index (χ2n) is 11.8. The predicted molar refractivity (Wildman–Crippen MR) is 162 cm³/mol. The quantitative estimate of drug-likeness (QED) is 0.190. The van der Waals surface area contributed by atoms with E-state index in [0.717, 1.165) is 35.5 Å². The summed E-state index contributed by atoms with van der Waals surface area (Å²) < 4.78 is 11.6. The third-order valence-electron chi connectivity index (χ3n) is 7.28. The Morgan fingerprint density at radius 3 is 1.85 bits per heavy atom. The fourth-order valence-corrected chi connectivity index (χ4v) is 4.99. The van der Waals surface area contributed by atoms with Crippen LogP contribution < -0.4 is 9.64 Å². The molecule has 39 heavy (non-hydrogen) atoms. The van der Waals surface area contributed by atoms with E-state index in [-0.39, 0.29) is 36.8 Å². The summed E-state index contributed by atoms with van der Waals surface area (Å²) >= 11 is 0. The van der Waals surface area contributed by atoms with E-state index in [2.05, 4.69) is 70.7 Å². The Morgan fingerprint density at radius 2 is 1.38 bits per heavy atom. The molecule has 5 nitrogen and oxygen atoms in total. The van der Waals surface area contributed by atoms with Gasteiger partial charge in [0, 0.05) is 18.8 Å². The van der Waals surface area contributed by atoms with Crippen molar-refractivity contribution in [1.29, 1.82) is 0 Å². The van der Waals surface area contributed by atoms with Crippen molar-refractivity contribution in [3.8, 4) is 5.75 Å². The van der Waals surface area contributed by atoms with Gasteiger partial charge >= 0.3 is 11.9 Å². The largest absolute Gasteiger partial charge is 0.466 e. The molecule has 0 N–H and O–H groups in total. The van der Waals surface area contributed by atoms with Crippen molar-refractivity contribution < 1.29 is 19.1 Å². The number of carbonyl (C=O) groups excluding carboxylic acids is 2. The number of ether oxygens (including phenoxy) is 2. The summed E-state index contributed by atoms with van der Waals surface area (Å²) in [5, 5.41) is 0. The van der Waals surface area contributed by atoms with E-state index < -0.39 is 10.8 Å². The molecule has 0 saturated carbocycles. The molecule has 0 aliphatic heterocycles. The van der Waals surface area contributed by atoms with Crippen molar-refractivity contribution in [2.24, 2.45) is 10.8 Å². The average Bonchev–Trinajstić information content (AvgIpc) is 2.88. The number of nitrogens with zero attached hydrogens (tertiary/aromatic N) is 1. The van der Waals surface area contributed by atoms with Crippen LogP contribution in [0.1, 0.15) is 104 Å². The number of anilines is 1. The van der Waals surface area contributed by atoms with E-state index in [4.69, 9.17) is 9.47 Å². The lowest BCUT2D eigenvalue weighted by Crippen LogP contribution is -2.39. The molecule has 0 aromatic heterocycles. The second-order valence-corrected chi connectivity index (χ2v) is 11.8. The van der Waals surface area contributed by atoms with Crippen molar-refractivity contribution in [3.05, 3.63) is 65.2 Å². The molecule has 5 heteroatoms. The highest BCUT2D eigenvalue weighted by Gasteiger charge is 2.43. The summed E-state index contributed by atoms with van der Waals surface area (Å²) in [5.41, 5.74) is 2.17. The lowest BCUT2D eigenvalue weighted by Gasteiger charge is -2.33. The minimum absolute atomic E-state index is 0.189. The number of esters is 2. The average molecular weight is 536 g/mol. The third kappa shape index (κ3) is 8.20. The van der Waals surface area contributed by atoms with E-state index in [1.54, 1.807) is 6.92 Å². The molecule has 214 valence electrons. The van der Waals surface area contributed by atoms with Gasteiger partial charge in [-0.3, -0.25) is 9.59 Å². The van der Waals surface area contributed by atoms with Gasteiger partial charge in [0.15, 0.2) is 0 Å². The highest BCUT2D eigenvalue weighted by atomic mass is 16.5. The fraction of sp³-hybridized carbons (Fsp3) is 0.529. The van der Waals surface area contributed by atoms with E-state index in [9.17, 15) is 9.59 Å². The van der Waals surface area contributed by atoms with Gasteiger partial charge in [-0.05, 0) is 88.6 Å². The SMILES string of the molecule is CCOC(=O)C(C)(C)CC(C)(/C=C/c1ccc(N(CC)CC)cc1)C(=O)Oc1c(C(C)C)cccc1C(C)C. The van der Waals surface area contributed by atoms with E-state index in [1.165, 1.54) is 0 Å². The maximum absolute atomic E-state index is 14.1. The molecule has 1 unspecified atom stereocenters. The first-order valence-corrected chi connectivity index (χ1v) is 14.4. The zero-order valence-corrected chi connectivity index (χ0v) is 25.8. The Bertz CT molecular complexity index is 1100. The normalized spacial score (nSPS) is 13.5. The molecule has 0 radical (unpaired) electrons. The number of hydrogen-bond donors (Lipinski definition) is 0. The number of para-hydroxylation sites is 1. The van der Waals surface area contributed by atoms with E-state index in [1.807, 2.05) is 51.1 Å². The van der Waals surface area contributed by atoms with Gasteiger partial charge in [-0.15, -0.1) is 0 Å². The van der Waals surface area contributed by atoms with Crippen LogP contribution in [-0.4, -0.2) is 31.6 Å². The van der Waals surface area contributed by atoms with Crippen LogP contribution in [0.25, 0.3) is 6.08 Å². The van der Waals surface area contributed by atoms with Crippen LogP contribution in [0.15, 0.2) is 48.5 Å². The minimum Gasteiger partial charge on any atom is -0.466 e. The number of rotatable bonds is 13. The lowest BCUT2D eigenvalue weighted by atomic mass is 9.73. The van der Waals surface area contributed by atoms with Gasteiger partial charge in [-0.1, -0.05) is 70.2 Å². The summed E-state index contributed by atoms with van der Waals surface area (Å²) in [4.78, 5) is 29.2. The molecule has 0 fully saturated rings. The Hall–Kier alpha value is -3.08. The van der Waals surface area contributed by atoms with Crippen molar-refractivity contribution >= 4 is 23.7 Å². The number of benzene rings is 2. The van der Waals surface area contributed by atoms with E-state index in [0.29, 0.717) is 5.75 Å². The topological polar surface area (TPSA) is 55.8 Å². The van der Waals surface area contributed by atoms with Crippen molar-refractivity contribution in [1.82, 2.24) is 0 Å². The van der Waals surface area contributed by atoms with Gasteiger partial charge in [-0.25, -0.2) is 0 Å². The van der Waals surface area contributed by atoms with Gasteiger partial charge in [0.05, 0.1) is 17.4 Å². The van der Waals surface area contributed by atoms with Gasteiger partial charge in [0.2, 0.25) is 0 Å². The minimum atomic E-state index is -1.08. The second kappa shape index (κ2) is 13.8. The maximum Gasteiger partial charge on any atom is 0.321 e. The first-order valence-electron chi connectivity index (χ1n) is 14.4. The monoisotopic (exact) mass is 535 g/mol. The molecule has 0 spiro atoms. The van der Waals surface area contributed by atoms with Crippen molar-refractivity contribution in [2.75, 3.05) is 24.6 Å². The van der Waals surface area contributed by atoms with Crippen LogP contribution in [0.5, 0.6) is 5.75 Å². The first kappa shape index (κ1) is 32.1. The molecule has 0 aliphatic rings. The Labute approximate surface area is 236 Å². The summed E-state index contributed by atoms with van der Waals surface area (Å²) in [6.45, 7) is 22.1. The third-order valence-corrected chi connectivity index (χ3v) is 7.28. The molecule has 0 saturated heterocycles. The smallest absolute Gasteiger partial charge is 0.321 e.